The first-order chi connectivity index (χ1) is 10.2. The first-order valence-electron chi connectivity index (χ1n) is 6.69. The second-order valence-electron chi connectivity index (χ2n) is 4.84. The van der Waals surface area contributed by atoms with E-state index in [0.29, 0.717) is 11.3 Å². The van der Waals surface area contributed by atoms with Gasteiger partial charge in [0.05, 0.1) is 11.9 Å². The molecule has 0 saturated carbocycles. The molecule has 0 aliphatic carbocycles. The van der Waals surface area contributed by atoms with Crippen LogP contribution in [0.25, 0.3) is 5.69 Å². The number of aromatic nitrogens is 2. The number of carbonyl (C=O) groups is 1. The topological polar surface area (TPSA) is 46.9 Å². The molecule has 0 aliphatic heterocycles. The smallest absolute Gasteiger partial charge is 0.255 e. The predicted octanol–water partition coefficient (Wildman–Crippen LogP) is 3.43. The van der Waals surface area contributed by atoms with E-state index in [1.165, 1.54) is 0 Å². The van der Waals surface area contributed by atoms with Crippen molar-refractivity contribution in [1.82, 2.24) is 9.55 Å². The molecular formula is C17H15N3O. The first kappa shape index (κ1) is 13.1. The number of nitrogens with one attached hydrogen (secondary N) is 1. The summed E-state index contributed by atoms with van der Waals surface area (Å²) in [6, 6.07) is 13.3. The van der Waals surface area contributed by atoms with Crippen LogP contribution in [0.5, 0.6) is 0 Å². The normalized spacial score (nSPS) is 10.3. The number of carbonyl (C=O) groups excluding carboxylic acids is 1. The van der Waals surface area contributed by atoms with E-state index in [4.69, 9.17) is 0 Å². The summed E-state index contributed by atoms with van der Waals surface area (Å²) < 4.78 is 1.99. The number of pyridine rings is 1. The van der Waals surface area contributed by atoms with Gasteiger partial charge in [0, 0.05) is 29.8 Å². The van der Waals surface area contributed by atoms with Crippen LogP contribution in [0.15, 0.2) is 67.3 Å². The standard InChI is InChI=1S/C17H15N3O/c1-13-10-15(12-18-11-13)19-17(21)14-4-6-16(7-5-14)20-8-2-3-9-20/h2-12H,1H3,(H,19,21). The van der Waals surface area contributed by atoms with Crippen molar-refractivity contribution in [2.24, 2.45) is 0 Å². The van der Waals surface area contributed by atoms with Crippen LogP contribution in [0.1, 0.15) is 15.9 Å². The van der Waals surface area contributed by atoms with Gasteiger partial charge in [0.1, 0.15) is 0 Å². The van der Waals surface area contributed by atoms with Crippen molar-refractivity contribution < 1.29 is 4.79 Å². The van der Waals surface area contributed by atoms with Crippen molar-refractivity contribution in [3.8, 4) is 5.69 Å². The van der Waals surface area contributed by atoms with Crippen LogP contribution in [-0.4, -0.2) is 15.5 Å². The number of benzene rings is 1. The van der Waals surface area contributed by atoms with Crippen molar-refractivity contribution in [2.75, 3.05) is 5.32 Å². The molecule has 1 amide bonds. The Balaban J connectivity index is 1.76. The minimum atomic E-state index is -0.138. The molecule has 0 fully saturated rings. The SMILES string of the molecule is Cc1cncc(NC(=O)c2ccc(-n3cccc3)cc2)c1. The molecular weight excluding hydrogens is 262 g/mol. The van der Waals surface area contributed by atoms with Crippen molar-refractivity contribution >= 4 is 11.6 Å². The molecule has 0 saturated heterocycles. The summed E-state index contributed by atoms with van der Waals surface area (Å²) in [7, 11) is 0. The zero-order chi connectivity index (χ0) is 14.7. The van der Waals surface area contributed by atoms with E-state index >= 15 is 0 Å². The molecule has 4 heteroatoms. The molecule has 0 aliphatic rings. The third kappa shape index (κ3) is 3.00. The zero-order valence-corrected chi connectivity index (χ0v) is 11.7. The van der Waals surface area contributed by atoms with Crippen LogP contribution >= 0.6 is 0 Å². The molecule has 0 unspecified atom stereocenters. The van der Waals surface area contributed by atoms with E-state index in [1.54, 1.807) is 12.4 Å². The average molecular weight is 277 g/mol. The molecule has 3 aromatic rings. The molecule has 2 aromatic heterocycles. The van der Waals surface area contributed by atoms with Crippen LogP contribution in [0, 0.1) is 6.92 Å². The second-order valence-corrected chi connectivity index (χ2v) is 4.84. The Morgan fingerprint density at radius 3 is 2.48 bits per heavy atom. The number of nitrogens with zero attached hydrogens (tertiary/aromatic N) is 2. The third-order valence-corrected chi connectivity index (χ3v) is 3.16. The summed E-state index contributed by atoms with van der Waals surface area (Å²) in [5.41, 5.74) is 3.35. The number of anilines is 1. The second kappa shape index (κ2) is 5.63. The summed E-state index contributed by atoms with van der Waals surface area (Å²) in [4.78, 5) is 16.2. The van der Waals surface area contributed by atoms with E-state index in [0.717, 1.165) is 11.3 Å². The average Bonchev–Trinajstić information content (AvgIpc) is 3.01. The van der Waals surface area contributed by atoms with E-state index in [9.17, 15) is 4.79 Å². The number of hydrogen-bond donors (Lipinski definition) is 1. The number of aryl methyl sites for hydroxylation is 1. The maximum atomic E-state index is 12.2. The molecule has 0 spiro atoms. The van der Waals surface area contributed by atoms with Gasteiger partial charge < -0.3 is 9.88 Å². The third-order valence-electron chi connectivity index (χ3n) is 3.16. The van der Waals surface area contributed by atoms with Gasteiger partial charge in [-0.25, -0.2) is 0 Å². The van der Waals surface area contributed by atoms with Gasteiger partial charge in [-0.2, -0.15) is 0 Å². The van der Waals surface area contributed by atoms with Gasteiger partial charge in [0.25, 0.3) is 5.91 Å². The molecule has 1 aromatic carbocycles. The van der Waals surface area contributed by atoms with E-state index in [-0.39, 0.29) is 5.91 Å². The molecule has 0 radical (unpaired) electrons. The van der Waals surface area contributed by atoms with Crippen LogP contribution in [0.3, 0.4) is 0 Å². The Bertz CT molecular complexity index is 746. The lowest BCUT2D eigenvalue weighted by Gasteiger charge is -2.07. The van der Waals surface area contributed by atoms with Crippen LogP contribution < -0.4 is 5.32 Å². The fourth-order valence-corrected chi connectivity index (χ4v) is 2.12. The number of hydrogen-bond acceptors (Lipinski definition) is 2. The highest BCUT2D eigenvalue weighted by Crippen LogP contribution is 2.13. The molecule has 4 nitrogen and oxygen atoms in total. The Morgan fingerprint density at radius 2 is 1.81 bits per heavy atom. The first-order valence-corrected chi connectivity index (χ1v) is 6.69. The highest BCUT2D eigenvalue weighted by Gasteiger charge is 2.06. The predicted molar refractivity (Wildman–Crippen MR) is 82.7 cm³/mol. The lowest BCUT2D eigenvalue weighted by atomic mass is 10.2. The lowest BCUT2D eigenvalue weighted by molar-refractivity contribution is 0.102. The summed E-state index contributed by atoms with van der Waals surface area (Å²) in [5, 5.41) is 2.85. The fourth-order valence-electron chi connectivity index (χ4n) is 2.12. The number of rotatable bonds is 3. The van der Waals surface area contributed by atoms with Gasteiger partial charge in [-0.1, -0.05) is 0 Å². The monoisotopic (exact) mass is 277 g/mol. The fraction of sp³-hybridized carbons (Fsp3) is 0.0588. The molecule has 104 valence electrons. The zero-order valence-electron chi connectivity index (χ0n) is 11.7. The van der Waals surface area contributed by atoms with Gasteiger partial charge in [-0.3, -0.25) is 9.78 Å². The van der Waals surface area contributed by atoms with Gasteiger partial charge in [-0.05, 0) is 55.0 Å². The summed E-state index contributed by atoms with van der Waals surface area (Å²) >= 11 is 0. The molecule has 0 atom stereocenters. The van der Waals surface area contributed by atoms with E-state index < -0.39 is 0 Å². The van der Waals surface area contributed by atoms with Crippen molar-refractivity contribution in [3.63, 3.8) is 0 Å². The van der Waals surface area contributed by atoms with E-state index in [1.807, 2.05) is 66.3 Å². The molecule has 2 heterocycles. The maximum absolute atomic E-state index is 12.2. The minimum absolute atomic E-state index is 0.138. The van der Waals surface area contributed by atoms with Crippen molar-refractivity contribution in [1.29, 1.82) is 0 Å². The molecule has 0 bridgehead atoms. The van der Waals surface area contributed by atoms with Gasteiger partial charge >= 0.3 is 0 Å². The highest BCUT2D eigenvalue weighted by atomic mass is 16.1. The van der Waals surface area contributed by atoms with Gasteiger partial charge in [0.2, 0.25) is 0 Å². The summed E-state index contributed by atoms with van der Waals surface area (Å²) in [5.74, 6) is -0.138. The molecule has 1 N–H and O–H groups in total. The Morgan fingerprint density at radius 1 is 1.10 bits per heavy atom. The van der Waals surface area contributed by atoms with Gasteiger partial charge in [-0.15, -0.1) is 0 Å². The summed E-state index contributed by atoms with van der Waals surface area (Å²) in [6.45, 7) is 1.94. The molecule has 21 heavy (non-hydrogen) atoms. The Kier molecular flexibility index (Phi) is 3.51. The maximum Gasteiger partial charge on any atom is 0.255 e. The number of amides is 1. The minimum Gasteiger partial charge on any atom is -0.324 e. The van der Waals surface area contributed by atoms with Gasteiger partial charge in [0.15, 0.2) is 0 Å². The van der Waals surface area contributed by atoms with Crippen LogP contribution in [0.4, 0.5) is 5.69 Å². The van der Waals surface area contributed by atoms with Crippen LogP contribution in [0.2, 0.25) is 0 Å². The largest absolute Gasteiger partial charge is 0.324 e. The van der Waals surface area contributed by atoms with Crippen molar-refractivity contribution in [3.05, 3.63) is 78.4 Å². The Hall–Kier alpha value is -2.88. The van der Waals surface area contributed by atoms with Crippen LogP contribution in [-0.2, 0) is 0 Å². The molecule has 3 rings (SSSR count). The lowest BCUT2D eigenvalue weighted by Crippen LogP contribution is -2.12. The Labute approximate surface area is 123 Å². The highest BCUT2D eigenvalue weighted by molar-refractivity contribution is 6.04. The van der Waals surface area contributed by atoms with Crippen molar-refractivity contribution in [2.45, 2.75) is 6.92 Å². The summed E-state index contributed by atoms with van der Waals surface area (Å²) in [6.07, 6.45) is 7.32. The van der Waals surface area contributed by atoms with E-state index in [2.05, 4.69) is 10.3 Å². The quantitative estimate of drug-likeness (QED) is 0.797.